The van der Waals surface area contributed by atoms with Crippen molar-refractivity contribution in [3.63, 3.8) is 0 Å². The van der Waals surface area contributed by atoms with Crippen molar-refractivity contribution in [1.82, 2.24) is 3.97 Å². The maximum atomic E-state index is 13.6. The van der Waals surface area contributed by atoms with Gasteiger partial charge in [-0.25, -0.2) is 12.4 Å². The molecule has 1 heterocycles. The zero-order valence-corrected chi connectivity index (χ0v) is 18.4. The molecule has 0 aliphatic heterocycles. The fourth-order valence-corrected chi connectivity index (χ4v) is 5.30. The van der Waals surface area contributed by atoms with Crippen LogP contribution in [0.15, 0.2) is 82.2 Å². The number of aromatic nitrogens is 1. The topological polar surface area (TPSA) is 59.3 Å². The summed E-state index contributed by atoms with van der Waals surface area (Å²) in [4.78, 5) is 0.181. The fourth-order valence-electron chi connectivity index (χ4n) is 3.38. The van der Waals surface area contributed by atoms with Crippen molar-refractivity contribution in [2.75, 3.05) is 0 Å². The standard InChI is InChI=1S/C23H20BrNO3S/c1-15-3-7-17(8-4-15)23(26)22-14-18-13-19(24)9-12-21(18)25(22)29(27,28)20-10-5-16(2)6-11-20/h3-14,23,26H,1-2H3. The summed E-state index contributed by atoms with van der Waals surface area (Å²) in [5.41, 5.74) is 3.51. The first-order chi connectivity index (χ1) is 13.8. The molecule has 4 rings (SSSR count). The van der Waals surface area contributed by atoms with Crippen LogP contribution in [0.25, 0.3) is 10.9 Å². The normalized spacial score (nSPS) is 13.0. The molecule has 0 fully saturated rings. The van der Waals surface area contributed by atoms with Gasteiger partial charge in [0.05, 0.1) is 16.1 Å². The second kappa shape index (κ2) is 7.44. The Morgan fingerprint density at radius 1 is 0.862 bits per heavy atom. The summed E-state index contributed by atoms with van der Waals surface area (Å²) >= 11 is 3.44. The minimum atomic E-state index is -3.90. The molecule has 0 amide bonds. The van der Waals surface area contributed by atoms with Crippen molar-refractivity contribution in [2.24, 2.45) is 0 Å². The summed E-state index contributed by atoms with van der Waals surface area (Å²) in [6.07, 6.45) is -1.08. The third-order valence-electron chi connectivity index (χ3n) is 4.98. The largest absolute Gasteiger partial charge is 0.382 e. The molecule has 0 saturated carbocycles. The van der Waals surface area contributed by atoms with Gasteiger partial charge >= 0.3 is 0 Å². The van der Waals surface area contributed by atoms with Crippen molar-refractivity contribution in [3.8, 4) is 0 Å². The van der Waals surface area contributed by atoms with Gasteiger partial charge < -0.3 is 5.11 Å². The molecule has 0 spiro atoms. The van der Waals surface area contributed by atoms with Gasteiger partial charge in [0, 0.05) is 9.86 Å². The van der Waals surface area contributed by atoms with E-state index in [1.54, 1.807) is 42.5 Å². The molecule has 1 unspecified atom stereocenters. The molecule has 0 aliphatic carbocycles. The Hall–Kier alpha value is -2.41. The van der Waals surface area contributed by atoms with Crippen LogP contribution in [0.3, 0.4) is 0 Å². The summed E-state index contributed by atoms with van der Waals surface area (Å²) in [6.45, 7) is 3.87. The Balaban J connectivity index is 1.97. The van der Waals surface area contributed by atoms with Gasteiger partial charge in [-0.15, -0.1) is 0 Å². The highest BCUT2D eigenvalue weighted by Gasteiger charge is 2.27. The van der Waals surface area contributed by atoms with Crippen LogP contribution in [0, 0.1) is 13.8 Å². The number of rotatable bonds is 4. The average molecular weight is 470 g/mol. The first-order valence-electron chi connectivity index (χ1n) is 9.15. The van der Waals surface area contributed by atoms with Gasteiger partial charge in [-0.05, 0) is 55.8 Å². The number of nitrogens with zero attached hydrogens (tertiary/aromatic N) is 1. The number of hydrogen-bond donors (Lipinski definition) is 1. The SMILES string of the molecule is Cc1ccc(C(O)c2cc3cc(Br)ccc3n2S(=O)(=O)c2ccc(C)cc2)cc1. The first-order valence-corrected chi connectivity index (χ1v) is 11.4. The number of aliphatic hydroxyl groups is 1. The predicted octanol–water partition coefficient (Wildman–Crippen LogP) is 5.34. The molecule has 0 bridgehead atoms. The molecule has 3 aromatic carbocycles. The van der Waals surface area contributed by atoms with E-state index in [4.69, 9.17) is 0 Å². The van der Waals surface area contributed by atoms with E-state index >= 15 is 0 Å². The highest BCUT2D eigenvalue weighted by atomic mass is 79.9. The average Bonchev–Trinajstić information content (AvgIpc) is 3.07. The van der Waals surface area contributed by atoms with Crippen LogP contribution < -0.4 is 0 Å². The van der Waals surface area contributed by atoms with Gasteiger partial charge in [-0.1, -0.05) is 63.5 Å². The van der Waals surface area contributed by atoms with E-state index in [-0.39, 0.29) is 4.90 Å². The third kappa shape index (κ3) is 3.64. The van der Waals surface area contributed by atoms with E-state index in [0.717, 1.165) is 21.0 Å². The quantitative estimate of drug-likeness (QED) is 0.438. The van der Waals surface area contributed by atoms with Crippen LogP contribution >= 0.6 is 15.9 Å². The lowest BCUT2D eigenvalue weighted by Gasteiger charge is -2.17. The van der Waals surface area contributed by atoms with Gasteiger partial charge in [0.2, 0.25) is 0 Å². The highest BCUT2D eigenvalue weighted by molar-refractivity contribution is 9.10. The van der Waals surface area contributed by atoms with E-state index in [0.29, 0.717) is 16.8 Å². The summed E-state index contributed by atoms with van der Waals surface area (Å²) < 4.78 is 29.2. The number of aryl methyl sites for hydroxylation is 2. The number of halogens is 1. The van der Waals surface area contributed by atoms with Crippen LogP contribution in [0.5, 0.6) is 0 Å². The van der Waals surface area contributed by atoms with Crippen molar-refractivity contribution < 1.29 is 13.5 Å². The monoisotopic (exact) mass is 469 g/mol. The van der Waals surface area contributed by atoms with Crippen molar-refractivity contribution >= 4 is 36.9 Å². The Labute approximate surface area is 178 Å². The number of aliphatic hydroxyl groups excluding tert-OH is 1. The summed E-state index contributed by atoms with van der Waals surface area (Å²) in [6, 6.07) is 21.3. The van der Waals surface area contributed by atoms with Crippen molar-refractivity contribution in [3.05, 3.63) is 99.7 Å². The van der Waals surface area contributed by atoms with Gasteiger partial charge in [0.25, 0.3) is 10.0 Å². The van der Waals surface area contributed by atoms with Crippen LogP contribution in [-0.4, -0.2) is 17.5 Å². The second-order valence-electron chi connectivity index (χ2n) is 7.17. The van der Waals surface area contributed by atoms with Gasteiger partial charge in [-0.3, -0.25) is 0 Å². The minimum Gasteiger partial charge on any atom is -0.382 e. The lowest BCUT2D eigenvalue weighted by atomic mass is 10.1. The third-order valence-corrected chi connectivity index (χ3v) is 7.23. The molecule has 0 radical (unpaired) electrons. The maximum Gasteiger partial charge on any atom is 0.268 e. The van der Waals surface area contributed by atoms with Crippen molar-refractivity contribution in [1.29, 1.82) is 0 Å². The summed E-state index contributed by atoms with van der Waals surface area (Å²) in [7, 11) is -3.90. The van der Waals surface area contributed by atoms with Gasteiger partial charge in [0.1, 0.15) is 6.10 Å². The molecular weight excluding hydrogens is 450 g/mol. The molecule has 1 N–H and O–H groups in total. The van der Waals surface area contributed by atoms with E-state index in [9.17, 15) is 13.5 Å². The Morgan fingerprint density at radius 3 is 2.07 bits per heavy atom. The molecule has 6 heteroatoms. The number of hydrogen-bond acceptors (Lipinski definition) is 3. The molecule has 4 nitrogen and oxygen atoms in total. The van der Waals surface area contributed by atoms with E-state index < -0.39 is 16.1 Å². The first kappa shape index (κ1) is 19.9. The maximum absolute atomic E-state index is 13.6. The van der Waals surface area contributed by atoms with E-state index in [1.807, 2.05) is 44.2 Å². The predicted molar refractivity (Wildman–Crippen MR) is 119 cm³/mol. The zero-order chi connectivity index (χ0) is 20.8. The smallest absolute Gasteiger partial charge is 0.268 e. The Bertz CT molecular complexity index is 1290. The molecule has 4 aromatic rings. The number of benzene rings is 3. The second-order valence-corrected chi connectivity index (χ2v) is 9.87. The van der Waals surface area contributed by atoms with Crippen LogP contribution in [0.1, 0.15) is 28.5 Å². The Kier molecular flexibility index (Phi) is 5.11. The molecule has 0 aliphatic rings. The van der Waals surface area contributed by atoms with E-state index in [1.165, 1.54) is 3.97 Å². The highest BCUT2D eigenvalue weighted by Crippen LogP contribution is 2.33. The number of fused-ring (bicyclic) bond motifs is 1. The summed E-state index contributed by atoms with van der Waals surface area (Å²) in [5.74, 6) is 0. The van der Waals surface area contributed by atoms with Crippen LogP contribution in [0.2, 0.25) is 0 Å². The zero-order valence-electron chi connectivity index (χ0n) is 16.0. The molecule has 1 aromatic heterocycles. The molecule has 148 valence electrons. The minimum absolute atomic E-state index is 0.181. The molecule has 0 saturated heterocycles. The van der Waals surface area contributed by atoms with E-state index in [2.05, 4.69) is 15.9 Å². The van der Waals surface area contributed by atoms with Gasteiger partial charge in [-0.2, -0.15) is 0 Å². The molecule has 29 heavy (non-hydrogen) atoms. The van der Waals surface area contributed by atoms with Crippen LogP contribution in [0.4, 0.5) is 0 Å². The molecule has 1 atom stereocenters. The Morgan fingerprint density at radius 2 is 1.45 bits per heavy atom. The molecular formula is C23H20BrNO3S. The van der Waals surface area contributed by atoms with Gasteiger partial charge in [0.15, 0.2) is 0 Å². The van der Waals surface area contributed by atoms with Crippen LogP contribution in [-0.2, 0) is 10.0 Å². The lowest BCUT2D eigenvalue weighted by Crippen LogP contribution is -2.18. The fraction of sp³-hybridized carbons (Fsp3) is 0.130. The summed E-state index contributed by atoms with van der Waals surface area (Å²) in [5, 5.41) is 11.8. The van der Waals surface area contributed by atoms with Crippen molar-refractivity contribution in [2.45, 2.75) is 24.8 Å². The lowest BCUT2D eigenvalue weighted by molar-refractivity contribution is 0.214.